The van der Waals surface area contributed by atoms with E-state index in [4.69, 9.17) is 9.47 Å². The fraction of sp³-hybridized carbons (Fsp3) is 0.316. The van der Waals surface area contributed by atoms with Crippen molar-refractivity contribution >= 4 is 5.91 Å². The van der Waals surface area contributed by atoms with Crippen LogP contribution in [0.1, 0.15) is 16.7 Å². The van der Waals surface area contributed by atoms with E-state index in [0.29, 0.717) is 0 Å². The summed E-state index contributed by atoms with van der Waals surface area (Å²) in [4.78, 5) is 11.7. The van der Waals surface area contributed by atoms with Crippen LogP contribution in [0, 0.1) is 13.8 Å². The van der Waals surface area contributed by atoms with Crippen molar-refractivity contribution in [2.45, 2.75) is 20.0 Å². The van der Waals surface area contributed by atoms with Gasteiger partial charge in [-0.1, -0.05) is 18.2 Å². The predicted octanol–water partition coefficient (Wildman–Crippen LogP) is 3.90. The Morgan fingerprint density at radius 3 is 2.58 bits per heavy atom. The maximum atomic E-state index is 12.6. The van der Waals surface area contributed by atoms with Crippen LogP contribution in [0.3, 0.4) is 0 Å². The number of carbonyl (C=O) groups is 1. The normalized spacial score (nSPS) is 11.1. The Bertz CT molecular complexity index is 760. The summed E-state index contributed by atoms with van der Waals surface area (Å²) in [6, 6.07) is 10.2. The molecule has 2 aromatic carbocycles. The molecular formula is C19H20F3NO3. The summed E-state index contributed by atoms with van der Waals surface area (Å²) in [5, 5.41) is 2.59. The highest BCUT2D eigenvalue weighted by Crippen LogP contribution is 2.31. The van der Waals surface area contributed by atoms with Crippen molar-refractivity contribution in [1.29, 1.82) is 0 Å². The first-order chi connectivity index (χ1) is 12.3. The average Bonchev–Trinajstić information content (AvgIpc) is 2.59. The van der Waals surface area contributed by atoms with Gasteiger partial charge in [-0.2, -0.15) is 13.2 Å². The van der Waals surface area contributed by atoms with E-state index in [-0.39, 0.29) is 25.5 Å². The fourth-order valence-electron chi connectivity index (χ4n) is 2.18. The number of hydrogen-bond donors (Lipinski definition) is 1. The molecule has 0 saturated carbocycles. The standard InChI is InChI=1S/C19H20F3NO3/c1-13-6-7-14(2)17(10-13)25-9-8-23-18(24)12-26-16-5-3-4-15(11-16)19(20,21)22/h3-7,10-11H,8-9,12H2,1-2H3,(H,23,24). The molecule has 26 heavy (non-hydrogen) atoms. The number of aryl methyl sites for hydroxylation is 2. The molecule has 4 nitrogen and oxygen atoms in total. The van der Waals surface area contributed by atoms with E-state index in [1.807, 2.05) is 32.0 Å². The van der Waals surface area contributed by atoms with E-state index in [2.05, 4.69) is 5.32 Å². The van der Waals surface area contributed by atoms with Gasteiger partial charge in [0.25, 0.3) is 5.91 Å². The minimum atomic E-state index is -4.45. The lowest BCUT2D eigenvalue weighted by Crippen LogP contribution is -2.32. The van der Waals surface area contributed by atoms with Crippen LogP contribution in [0.25, 0.3) is 0 Å². The average molecular weight is 367 g/mol. The Labute approximate surface area is 149 Å². The van der Waals surface area contributed by atoms with E-state index < -0.39 is 17.6 Å². The molecule has 2 aromatic rings. The van der Waals surface area contributed by atoms with E-state index in [1.165, 1.54) is 12.1 Å². The largest absolute Gasteiger partial charge is 0.491 e. The lowest BCUT2D eigenvalue weighted by Gasteiger charge is -2.12. The van der Waals surface area contributed by atoms with Crippen LogP contribution < -0.4 is 14.8 Å². The van der Waals surface area contributed by atoms with Gasteiger partial charge in [-0.25, -0.2) is 0 Å². The molecule has 0 aromatic heterocycles. The molecule has 0 aliphatic rings. The maximum Gasteiger partial charge on any atom is 0.416 e. The van der Waals surface area contributed by atoms with Crippen molar-refractivity contribution in [3.8, 4) is 11.5 Å². The van der Waals surface area contributed by atoms with Crippen LogP contribution in [-0.4, -0.2) is 25.7 Å². The molecule has 7 heteroatoms. The van der Waals surface area contributed by atoms with E-state index in [9.17, 15) is 18.0 Å². The van der Waals surface area contributed by atoms with Crippen LogP contribution >= 0.6 is 0 Å². The Morgan fingerprint density at radius 2 is 1.85 bits per heavy atom. The van der Waals surface area contributed by atoms with Crippen LogP contribution in [-0.2, 0) is 11.0 Å². The minimum Gasteiger partial charge on any atom is -0.491 e. The highest BCUT2D eigenvalue weighted by atomic mass is 19.4. The molecular weight excluding hydrogens is 347 g/mol. The van der Waals surface area contributed by atoms with Crippen LogP contribution in [0.5, 0.6) is 11.5 Å². The van der Waals surface area contributed by atoms with Gasteiger partial charge in [-0.15, -0.1) is 0 Å². The molecule has 0 heterocycles. The molecule has 0 unspecified atom stereocenters. The van der Waals surface area contributed by atoms with Crippen LogP contribution in [0.2, 0.25) is 0 Å². The number of benzene rings is 2. The quantitative estimate of drug-likeness (QED) is 0.755. The molecule has 0 atom stereocenters. The molecule has 140 valence electrons. The van der Waals surface area contributed by atoms with Gasteiger partial charge in [0.2, 0.25) is 0 Å². The topological polar surface area (TPSA) is 47.6 Å². The number of ether oxygens (including phenoxy) is 2. The lowest BCUT2D eigenvalue weighted by molar-refractivity contribution is -0.137. The molecule has 0 radical (unpaired) electrons. The second-order valence-electron chi connectivity index (χ2n) is 5.78. The number of nitrogens with one attached hydrogen (secondary N) is 1. The Kier molecular flexibility index (Phi) is 6.49. The zero-order valence-corrected chi connectivity index (χ0v) is 14.5. The van der Waals surface area contributed by atoms with Crippen molar-refractivity contribution in [3.05, 3.63) is 59.2 Å². The minimum absolute atomic E-state index is 0.0124. The molecule has 0 spiro atoms. The molecule has 0 fully saturated rings. The second kappa shape index (κ2) is 8.60. The van der Waals surface area contributed by atoms with Gasteiger partial charge >= 0.3 is 6.18 Å². The van der Waals surface area contributed by atoms with Crippen molar-refractivity contribution in [2.24, 2.45) is 0 Å². The Morgan fingerprint density at radius 1 is 1.08 bits per heavy atom. The number of amides is 1. The van der Waals surface area contributed by atoms with Crippen molar-refractivity contribution in [2.75, 3.05) is 19.8 Å². The summed E-state index contributed by atoms with van der Waals surface area (Å²) in [6.07, 6.45) is -4.45. The van der Waals surface area contributed by atoms with E-state index >= 15 is 0 Å². The summed E-state index contributed by atoms with van der Waals surface area (Å²) >= 11 is 0. The molecule has 1 N–H and O–H groups in total. The SMILES string of the molecule is Cc1ccc(C)c(OCCNC(=O)COc2cccc(C(F)(F)F)c2)c1. The van der Waals surface area contributed by atoms with Gasteiger partial charge in [-0.05, 0) is 49.2 Å². The number of rotatable bonds is 7. The first-order valence-electron chi connectivity index (χ1n) is 8.02. The highest BCUT2D eigenvalue weighted by Gasteiger charge is 2.30. The summed E-state index contributed by atoms with van der Waals surface area (Å²) in [5.74, 6) is 0.299. The zero-order valence-electron chi connectivity index (χ0n) is 14.5. The summed E-state index contributed by atoms with van der Waals surface area (Å²) in [7, 11) is 0. The van der Waals surface area contributed by atoms with Gasteiger partial charge in [-0.3, -0.25) is 4.79 Å². The Hall–Kier alpha value is -2.70. The third-order valence-electron chi connectivity index (χ3n) is 3.56. The third kappa shape index (κ3) is 5.98. The smallest absolute Gasteiger partial charge is 0.416 e. The number of alkyl halides is 3. The number of carbonyl (C=O) groups excluding carboxylic acids is 1. The summed E-state index contributed by atoms with van der Waals surface area (Å²) in [6.45, 7) is 4.05. The summed E-state index contributed by atoms with van der Waals surface area (Å²) < 4.78 is 48.6. The second-order valence-corrected chi connectivity index (χ2v) is 5.78. The van der Waals surface area contributed by atoms with Gasteiger partial charge in [0.05, 0.1) is 12.1 Å². The molecule has 2 rings (SSSR count). The predicted molar refractivity (Wildman–Crippen MR) is 91.4 cm³/mol. The fourth-order valence-corrected chi connectivity index (χ4v) is 2.18. The van der Waals surface area contributed by atoms with E-state index in [1.54, 1.807) is 0 Å². The van der Waals surface area contributed by atoms with Gasteiger partial charge in [0.1, 0.15) is 18.1 Å². The van der Waals surface area contributed by atoms with Gasteiger partial charge in [0.15, 0.2) is 6.61 Å². The van der Waals surface area contributed by atoms with Gasteiger partial charge in [0, 0.05) is 0 Å². The van der Waals surface area contributed by atoms with Crippen LogP contribution in [0.4, 0.5) is 13.2 Å². The number of hydrogen-bond acceptors (Lipinski definition) is 3. The molecule has 0 aliphatic carbocycles. The van der Waals surface area contributed by atoms with E-state index in [0.717, 1.165) is 29.0 Å². The third-order valence-corrected chi connectivity index (χ3v) is 3.56. The Balaban J connectivity index is 1.73. The van der Waals surface area contributed by atoms with Crippen LogP contribution in [0.15, 0.2) is 42.5 Å². The lowest BCUT2D eigenvalue weighted by atomic mass is 10.1. The van der Waals surface area contributed by atoms with Crippen molar-refractivity contribution < 1.29 is 27.4 Å². The summed E-state index contributed by atoms with van der Waals surface area (Å²) in [5.41, 5.74) is 1.25. The molecule has 0 aliphatic heterocycles. The van der Waals surface area contributed by atoms with Crippen molar-refractivity contribution in [3.63, 3.8) is 0 Å². The first kappa shape index (κ1) is 19.6. The first-order valence-corrected chi connectivity index (χ1v) is 8.02. The highest BCUT2D eigenvalue weighted by molar-refractivity contribution is 5.77. The maximum absolute atomic E-state index is 12.6. The van der Waals surface area contributed by atoms with Crippen molar-refractivity contribution in [1.82, 2.24) is 5.32 Å². The zero-order chi connectivity index (χ0) is 19.2. The molecule has 0 bridgehead atoms. The molecule has 1 amide bonds. The monoisotopic (exact) mass is 367 g/mol. The molecule has 0 saturated heterocycles. The number of halogens is 3. The van der Waals surface area contributed by atoms with Gasteiger partial charge < -0.3 is 14.8 Å².